The summed E-state index contributed by atoms with van der Waals surface area (Å²) in [7, 11) is 0. The zero-order valence-corrected chi connectivity index (χ0v) is 8.02. The van der Waals surface area contributed by atoms with E-state index in [0.29, 0.717) is 0 Å². The zero-order chi connectivity index (χ0) is 8.10. The van der Waals surface area contributed by atoms with Gasteiger partial charge in [0.2, 0.25) is 0 Å². The number of hydrazine groups is 1. The maximum Gasteiger partial charge on any atom is 0.152 e. The van der Waals surface area contributed by atoms with Crippen molar-refractivity contribution in [3.63, 3.8) is 0 Å². The molecule has 0 aromatic carbocycles. The predicted octanol–water partition coefficient (Wildman–Crippen LogP) is 0.921. The minimum absolute atomic E-state index is 0.750. The number of rotatable bonds is 0. The summed E-state index contributed by atoms with van der Waals surface area (Å²) in [5.74, 6) is 1.02. The highest BCUT2D eigenvalue weighted by Gasteiger charge is 2.04. The summed E-state index contributed by atoms with van der Waals surface area (Å²) in [5, 5.41) is 0. The molecule has 2 N–H and O–H groups in total. The molecule has 62 valence electrons. The standard InChI is InChI=1S/C6H11N3S2/c1-11-6(10)9-8-5-3-2-4-7-5/h2-4H2,1H3,(H,7,8)(H,9,10). The summed E-state index contributed by atoms with van der Waals surface area (Å²) in [4.78, 5) is 4.22. The smallest absolute Gasteiger partial charge is 0.152 e. The normalized spacial score (nSPS) is 15.9. The Hall–Kier alpha value is -0.290. The van der Waals surface area contributed by atoms with Crippen molar-refractivity contribution in [1.82, 2.24) is 10.9 Å². The highest BCUT2D eigenvalue weighted by molar-refractivity contribution is 8.22. The Labute approximate surface area is 76.0 Å². The van der Waals surface area contributed by atoms with Gasteiger partial charge in [-0.2, -0.15) is 0 Å². The number of nitrogens with one attached hydrogen (secondary N) is 2. The molecular formula is C6H11N3S2. The Morgan fingerprint density at radius 3 is 3.09 bits per heavy atom. The molecule has 5 heteroatoms. The SMILES string of the molecule is CSC(=S)NNC1=NCCC1. The third-order valence-corrected chi connectivity index (χ3v) is 2.44. The minimum Gasteiger partial charge on any atom is -0.287 e. The maximum atomic E-state index is 4.92. The van der Waals surface area contributed by atoms with Crippen LogP contribution < -0.4 is 10.9 Å². The lowest BCUT2D eigenvalue weighted by molar-refractivity contribution is 0.864. The van der Waals surface area contributed by atoms with Crippen LogP contribution in [0.4, 0.5) is 0 Å². The summed E-state index contributed by atoms with van der Waals surface area (Å²) in [6.07, 6.45) is 4.12. The largest absolute Gasteiger partial charge is 0.287 e. The molecule has 1 rings (SSSR count). The van der Waals surface area contributed by atoms with Gasteiger partial charge in [-0.15, -0.1) is 0 Å². The van der Waals surface area contributed by atoms with E-state index in [9.17, 15) is 0 Å². The van der Waals surface area contributed by atoms with Crippen LogP contribution in [0.5, 0.6) is 0 Å². The highest BCUT2D eigenvalue weighted by atomic mass is 32.2. The van der Waals surface area contributed by atoms with Crippen LogP contribution in [0, 0.1) is 0 Å². The topological polar surface area (TPSA) is 36.4 Å². The van der Waals surface area contributed by atoms with Crippen LogP contribution in [-0.4, -0.2) is 23.0 Å². The van der Waals surface area contributed by atoms with Crippen molar-refractivity contribution >= 4 is 34.1 Å². The number of amidine groups is 1. The molecular weight excluding hydrogens is 178 g/mol. The third-order valence-electron chi connectivity index (χ3n) is 1.37. The zero-order valence-electron chi connectivity index (χ0n) is 6.39. The number of hydrogen-bond acceptors (Lipinski definition) is 4. The van der Waals surface area contributed by atoms with E-state index in [-0.39, 0.29) is 0 Å². The summed E-state index contributed by atoms with van der Waals surface area (Å²) >= 11 is 6.44. The van der Waals surface area contributed by atoms with Gasteiger partial charge in [-0.1, -0.05) is 24.0 Å². The van der Waals surface area contributed by atoms with Crippen molar-refractivity contribution in [2.24, 2.45) is 4.99 Å². The van der Waals surface area contributed by atoms with Gasteiger partial charge in [0.15, 0.2) is 4.32 Å². The van der Waals surface area contributed by atoms with E-state index in [1.807, 2.05) is 6.26 Å². The van der Waals surface area contributed by atoms with Gasteiger partial charge in [0.05, 0.1) is 0 Å². The third kappa shape index (κ3) is 3.07. The second-order valence-corrected chi connectivity index (χ2v) is 3.66. The van der Waals surface area contributed by atoms with E-state index >= 15 is 0 Å². The van der Waals surface area contributed by atoms with Crippen LogP contribution in [-0.2, 0) is 0 Å². The predicted molar refractivity (Wildman–Crippen MR) is 53.9 cm³/mol. The van der Waals surface area contributed by atoms with Gasteiger partial charge in [-0.05, 0) is 12.7 Å². The van der Waals surface area contributed by atoms with Gasteiger partial charge in [-0.3, -0.25) is 15.8 Å². The molecule has 3 nitrogen and oxygen atoms in total. The Bertz CT molecular complexity index is 179. The molecule has 11 heavy (non-hydrogen) atoms. The minimum atomic E-state index is 0.750. The maximum absolute atomic E-state index is 4.92. The molecule has 0 unspecified atom stereocenters. The number of hydrogen-bond donors (Lipinski definition) is 2. The summed E-state index contributed by atoms with van der Waals surface area (Å²) in [6, 6.07) is 0. The summed E-state index contributed by atoms with van der Waals surface area (Å²) in [6.45, 7) is 0.941. The molecule has 0 saturated carbocycles. The fraction of sp³-hybridized carbons (Fsp3) is 0.667. The second-order valence-electron chi connectivity index (χ2n) is 2.17. The van der Waals surface area contributed by atoms with Gasteiger partial charge in [0.25, 0.3) is 0 Å². The van der Waals surface area contributed by atoms with E-state index in [1.54, 1.807) is 0 Å². The molecule has 0 spiro atoms. The number of thioether (sulfide) groups is 1. The van der Waals surface area contributed by atoms with Gasteiger partial charge in [0, 0.05) is 13.0 Å². The molecule has 1 aliphatic rings. The van der Waals surface area contributed by atoms with Crippen LogP contribution in [0.1, 0.15) is 12.8 Å². The van der Waals surface area contributed by atoms with E-state index in [1.165, 1.54) is 11.8 Å². The van der Waals surface area contributed by atoms with Crippen molar-refractivity contribution in [2.75, 3.05) is 12.8 Å². The lowest BCUT2D eigenvalue weighted by Gasteiger charge is -2.07. The van der Waals surface area contributed by atoms with E-state index in [0.717, 1.165) is 29.5 Å². The van der Waals surface area contributed by atoms with Crippen LogP contribution in [0.25, 0.3) is 0 Å². The molecule has 0 aromatic rings. The lowest BCUT2D eigenvalue weighted by atomic mass is 10.3. The van der Waals surface area contributed by atoms with Gasteiger partial charge < -0.3 is 0 Å². The van der Waals surface area contributed by atoms with Crippen LogP contribution in [0.3, 0.4) is 0 Å². The van der Waals surface area contributed by atoms with Crippen LogP contribution in [0.2, 0.25) is 0 Å². The quantitative estimate of drug-likeness (QED) is 0.439. The highest BCUT2D eigenvalue weighted by Crippen LogP contribution is 2.00. The van der Waals surface area contributed by atoms with Crippen molar-refractivity contribution < 1.29 is 0 Å². The van der Waals surface area contributed by atoms with E-state index in [2.05, 4.69) is 15.8 Å². The average Bonchev–Trinajstić information content (AvgIpc) is 2.52. The van der Waals surface area contributed by atoms with Gasteiger partial charge in [-0.25, -0.2) is 0 Å². The molecule has 0 bridgehead atoms. The molecule has 0 radical (unpaired) electrons. The Morgan fingerprint density at radius 2 is 2.55 bits per heavy atom. The first-order chi connectivity index (χ1) is 5.33. The molecule has 1 heterocycles. The Morgan fingerprint density at radius 1 is 1.73 bits per heavy atom. The molecule has 0 aliphatic carbocycles. The first kappa shape index (κ1) is 8.80. The molecule has 0 fully saturated rings. The van der Waals surface area contributed by atoms with E-state index < -0.39 is 0 Å². The van der Waals surface area contributed by atoms with E-state index in [4.69, 9.17) is 12.2 Å². The van der Waals surface area contributed by atoms with Crippen molar-refractivity contribution in [1.29, 1.82) is 0 Å². The van der Waals surface area contributed by atoms with Crippen molar-refractivity contribution in [3.05, 3.63) is 0 Å². The van der Waals surface area contributed by atoms with Crippen LogP contribution >= 0.6 is 24.0 Å². The number of aliphatic imine (C=N–C) groups is 1. The molecule has 0 amide bonds. The molecule has 0 atom stereocenters. The molecule has 0 saturated heterocycles. The monoisotopic (exact) mass is 189 g/mol. The summed E-state index contributed by atoms with van der Waals surface area (Å²) in [5.41, 5.74) is 5.86. The summed E-state index contributed by atoms with van der Waals surface area (Å²) < 4.78 is 0.750. The van der Waals surface area contributed by atoms with Crippen LogP contribution in [0.15, 0.2) is 4.99 Å². The van der Waals surface area contributed by atoms with Gasteiger partial charge in [0.1, 0.15) is 5.84 Å². The molecule has 1 aliphatic heterocycles. The Kier molecular flexibility index (Phi) is 3.65. The average molecular weight is 189 g/mol. The van der Waals surface area contributed by atoms with Gasteiger partial charge >= 0.3 is 0 Å². The van der Waals surface area contributed by atoms with Crippen molar-refractivity contribution in [3.8, 4) is 0 Å². The van der Waals surface area contributed by atoms with Crippen molar-refractivity contribution in [2.45, 2.75) is 12.8 Å². The Balaban J connectivity index is 2.16. The fourth-order valence-electron chi connectivity index (χ4n) is 0.816. The first-order valence-electron chi connectivity index (χ1n) is 3.46. The lowest BCUT2D eigenvalue weighted by Crippen LogP contribution is -2.38. The number of thiocarbonyl (C=S) groups is 1. The fourth-order valence-corrected chi connectivity index (χ4v) is 1.02. The second kappa shape index (κ2) is 4.56. The number of nitrogens with zero attached hydrogens (tertiary/aromatic N) is 1. The molecule has 0 aromatic heterocycles. The first-order valence-corrected chi connectivity index (χ1v) is 5.09.